The lowest BCUT2D eigenvalue weighted by Crippen LogP contribution is -2.20. The van der Waals surface area contributed by atoms with E-state index in [1.165, 1.54) is 53.6 Å². The van der Waals surface area contributed by atoms with E-state index >= 15 is 0 Å². The molecule has 2 N–H and O–H groups in total. The average molecular weight is 280 g/mol. The highest BCUT2D eigenvalue weighted by atomic mass is 14.9. The van der Waals surface area contributed by atoms with Crippen LogP contribution >= 0.6 is 0 Å². The van der Waals surface area contributed by atoms with Gasteiger partial charge >= 0.3 is 0 Å². The van der Waals surface area contributed by atoms with Crippen molar-refractivity contribution >= 4 is 16.6 Å². The second-order valence-corrected chi connectivity index (χ2v) is 6.71. The van der Waals surface area contributed by atoms with Crippen LogP contribution in [0.2, 0.25) is 0 Å². The molecular weight excluding hydrogens is 260 g/mol. The zero-order valence-electron chi connectivity index (χ0n) is 12.2. The summed E-state index contributed by atoms with van der Waals surface area (Å²) in [5, 5.41) is 4.69. The van der Waals surface area contributed by atoms with E-state index in [1.54, 1.807) is 6.33 Å². The van der Waals surface area contributed by atoms with E-state index in [2.05, 4.69) is 26.3 Å². The van der Waals surface area contributed by atoms with Crippen molar-refractivity contribution in [3.05, 3.63) is 29.4 Å². The van der Waals surface area contributed by atoms with Crippen molar-refractivity contribution in [2.45, 2.75) is 32.1 Å². The zero-order chi connectivity index (χ0) is 13.8. The van der Waals surface area contributed by atoms with Crippen molar-refractivity contribution in [2.24, 2.45) is 11.8 Å². The predicted molar refractivity (Wildman–Crippen MR) is 83.0 cm³/mol. The van der Waals surface area contributed by atoms with Gasteiger partial charge in [-0.3, -0.25) is 0 Å². The van der Waals surface area contributed by atoms with E-state index in [-0.39, 0.29) is 0 Å². The van der Waals surface area contributed by atoms with Gasteiger partial charge in [0.2, 0.25) is 0 Å². The van der Waals surface area contributed by atoms with Crippen LogP contribution in [0.5, 0.6) is 0 Å². The summed E-state index contributed by atoms with van der Waals surface area (Å²) in [7, 11) is 0. The Morgan fingerprint density at radius 2 is 2.14 bits per heavy atom. The van der Waals surface area contributed by atoms with Crippen LogP contribution in [-0.2, 0) is 12.8 Å². The van der Waals surface area contributed by atoms with Gasteiger partial charge in [-0.1, -0.05) is 6.08 Å². The SMILES string of the molecule is C1=C(c2ncnc3[nH]c4c(c23)CCC2CC2C4)CCNC1. The minimum Gasteiger partial charge on any atom is -0.343 e. The molecule has 0 amide bonds. The summed E-state index contributed by atoms with van der Waals surface area (Å²) < 4.78 is 0. The van der Waals surface area contributed by atoms with Crippen LogP contribution < -0.4 is 5.32 Å². The summed E-state index contributed by atoms with van der Waals surface area (Å²) in [6.07, 6.45) is 10.3. The number of hydrogen-bond donors (Lipinski definition) is 2. The van der Waals surface area contributed by atoms with Gasteiger partial charge in [0.1, 0.15) is 12.0 Å². The average Bonchev–Trinajstić information content (AvgIpc) is 3.20. The maximum absolute atomic E-state index is 4.64. The fourth-order valence-corrected chi connectivity index (χ4v) is 4.17. The first-order valence-corrected chi connectivity index (χ1v) is 8.14. The molecule has 1 saturated carbocycles. The number of nitrogens with zero attached hydrogens (tertiary/aromatic N) is 2. The maximum Gasteiger partial charge on any atom is 0.141 e. The molecule has 3 aliphatic rings. The lowest BCUT2D eigenvalue weighted by molar-refractivity contribution is 0.668. The van der Waals surface area contributed by atoms with E-state index < -0.39 is 0 Å². The van der Waals surface area contributed by atoms with E-state index in [0.717, 1.165) is 37.0 Å². The smallest absolute Gasteiger partial charge is 0.141 e. The first-order valence-electron chi connectivity index (χ1n) is 8.14. The molecule has 2 atom stereocenters. The molecule has 3 heterocycles. The Morgan fingerprint density at radius 1 is 1.14 bits per heavy atom. The number of hydrogen-bond acceptors (Lipinski definition) is 3. The van der Waals surface area contributed by atoms with Crippen molar-refractivity contribution in [3.63, 3.8) is 0 Å². The monoisotopic (exact) mass is 280 g/mol. The third kappa shape index (κ3) is 1.85. The van der Waals surface area contributed by atoms with Crippen LogP contribution in [0.25, 0.3) is 16.6 Å². The van der Waals surface area contributed by atoms with Crippen LogP contribution in [0.4, 0.5) is 0 Å². The van der Waals surface area contributed by atoms with Crippen LogP contribution in [0.15, 0.2) is 12.4 Å². The Kier molecular flexibility index (Phi) is 2.50. The number of H-pyrrole nitrogens is 1. The molecule has 0 bridgehead atoms. The molecule has 0 spiro atoms. The molecule has 5 rings (SSSR count). The number of aromatic nitrogens is 3. The number of fused-ring (bicyclic) bond motifs is 4. The highest BCUT2D eigenvalue weighted by Gasteiger charge is 2.40. The first-order chi connectivity index (χ1) is 10.4. The Balaban J connectivity index is 1.70. The highest BCUT2D eigenvalue weighted by molar-refractivity contribution is 5.92. The molecule has 2 aromatic heterocycles. The number of rotatable bonds is 1. The molecular formula is C17H20N4. The fraction of sp³-hybridized carbons (Fsp3) is 0.529. The topological polar surface area (TPSA) is 53.6 Å². The number of aryl methyl sites for hydroxylation is 1. The maximum atomic E-state index is 4.64. The van der Waals surface area contributed by atoms with Gasteiger partial charge in [-0.15, -0.1) is 0 Å². The summed E-state index contributed by atoms with van der Waals surface area (Å²) >= 11 is 0. The second-order valence-electron chi connectivity index (χ2n) is 6.71. The molecule has 1 aliphatic heterocycles. The van der Waals surface area contributed by atoms with Gasteiger partial charge in [0.25, 0.3) is 0 Å². The Hall–Kier alpha value is -1.68. The molecule has 21 heavy (non-hydrogen) atoms. The zero-order valence-corrected chi connectivity index (χ0v) is 12.2. The minimum atomic E-state index is 0.925. The molecule has 2 unspecified atom stereocenters. The molecule has 0 aromatic carbocycles. The standard InChI is InChI=1S/C17H20N4/c1-2-13-14(8-12-7-11(1)12)21-17-15(13)16(19-9-20-17)10-3-5-18-6-4-10/h3,9,11-12,18H,1-2,4-8H2,(H,19,20,21). The summed E-state index contributed by atoms with van der Waals surface area (Å²) in [5.41, 5.74) is 6.55. The van der Waals surface area contributed by atoms with Gasteiger partial charge < -0.3 is 10.3 Å². The third-order valence-corrected chi connectivity index (χ3v) is 5.45. The van der Waals surface area contributed by atoms with Crippen molar-refractivity contribution in [3.8, 4) is 0 Å². The number of aromatic amines is 1. The molecule has 0 saturated heterocycles. The molecule has 4 nitrogen and oxygen atoms in total. The van der Waals surface area contributed by atoms with Crippen LogP contribution in [0, 0.1) is 11.8 Å². The Labute approximate surface area is 124 Å². The number of nitrogens with one attached hydrogen (secondary N) is 2. The van der Waals surface area contributed by atoms with Crippen molar-refractivity contribution in [2.75, 3.05) is 13.1 Å². The van der Waals surface area contributed by atoms with E-state index in [1.807, 2.05) is 0 Å². The Morgan fingerprint density at radius 3 is 3.05 bits per heavy atom. The molecule has 2 aromatic rings. The predicted octanol–water partition coefficient (Wildman–Crippen LogP) is 2.46. The van der Waals surface area contributed by atoms with Crippen molar-refractivity contribution < 1.29 is 0 Å². The molecule has 108 valence electrons. The van der Waals surface area contributed by atoms with Gasteiger partial charge in [0.05, 0.1) is 5.69 Å². The van der Waals surface area contributed by atoms with E-state index in [0.29, 0.717) is 0 Å². The first kappa shape index (κ1) is 11.9. The van der Waals surface area contributed by atoms with Crippen LogP contribution in [0.3, 0.4) is 0 Å². The lowest BCUT2D eigenvalue weighted by atomic mass is 9.98. The molecule has 0 radical (unpaired) electrons. The van der Waals surface area contributed by atoms with Crippen molar-refractivity contribution in [1.82, 2.24) is 20.3 Å². The lowest BCUT2D eigenvalue weighted by Gasteiger charge is -2.14. The molecule has 1 fully saturated rings. The summed E-state index contributed by atoms with van der Waals surface area (Å²) in [5.74, 6) is 1.90. The molecule has 2 aliphatic carbocycles. The summed E-state index contributed by atoms with van der Waals surface area (Å²) in [6.45, 7) is 2.01. The highest BCUT2D eigenvalue weighted by Crippen LogP contribution is 2.48. The Bertz CT molecular complexity index is 743. The van der Waals surface area contributed by atoms with E-state index in [9.17, 15) is 0 Å². The van der Waals surface area contributed by atoms with Crippen molar-refractivity contribution in [1.29, 1.82) is 0 Å². The largest absolute Gasteiger partial charge is 0.343 e. The summed E-state index contributed by atoms with van der Waals surface area (Å²) in [6, 6.07) is 0. The fourth-order valence-electron chi connectivity index (χ4n) is 4.17. The summed E-state index contributed by atoms with van der Waals surface area (Å²) in [4.78, 5) is 12.7. The normalized spacial score (nSPS) is 27.7. The van der Waals surface area contributed by atoms with Gasteiger partial charge in [-0.25, -0.2) is 9.97 Å². The third-order valence-electron chi connectivity index (χ3n) is 5.45. The molecule has 4 heteroatoms. The van der Waals surface area contributed by atoms with Crippen LogP contribution in [-0.4, -0.2) is 28.0 Å². The van der Waals surface area contributed by atoms with Crippen LogP contribution in [0.1, 0.15) is 36.2 Å². The van der Waals surface area contributed by atoms with Gasteiger partial charge in [-0.05, 0) is 61.6 Å². The van der Waals surface area contributed by atoms with E-state index in [4.69, 9.17) is 0 Å². The van der Waals surface area contributed by atoms with Gasteiger partial charge in [0.15, 0.2) is 0 Å². The second kappa shape index (κ2) is 4.41. The van der Waals surface area contributed by atoms with Gasteiger partial charge in [0, 0.05) is 17.6 Å². The quantitative estimate of drug-likeness (QED) is 0.843. The minimum absolute atomic E-state index is 0.925. The van der Waals surface area contributed by atoms with Gasteiger partial charge in [-0.2, -0.15) is 0 Å².